The molecule has 1 fully saturated rings. The number of hydrogen-bond acceptors (Lipinski definition) is 4. The second kappa shape index (κ2) is 8.27. The fourth-order valence-corrected chi connectivity index (χ4v) is 4.89. The molecule has 0 aliphatic carbocycles. The number of benzene rings is 2. The summed E-state index contributed by atoms with van der Waals surface area (Å²) in [6, 6.07) is 12.1. The van der Waals surface area contributed by atoms with E-state index in [0.29, 0.717) is 22.8 Å². The molecule has 1 heterocycles. The van der Waals surface area contributed by atoms with Crippen molar-refractivity contribution in [2.24, 2.45) is 0 Å². The molecule has 3 rings (SSSR count). The molecular formula is C19H19ClFNO4S. The van der Waals surface area contributed by atoms with Crippen LogP contribution in [-0.2, 0) is 21.2 Å². The lowest BCUT2D eigenvalue weighted by atomic mass is 10.1. The van der Waals surface area contributed by atoms with Crippen LogP contribution in [0.4, 0.5) is 4.39 Å². The molecule has 2 aromatic rings. The zero-order chi connectivity index (χ0) is 19.4. The van der Waals surface area contributed by atoms with Crippen molar-refractivity contribution in [1.29, 1.82) is 0 Å². The summed E-state index contributed by atoms with van der Waals surface area (Å²) in [6.45, 7) is -0.117. The Labute approximate surface area is 162 Å². The first-order valence-electron chi connectivity index (χ1n) is 8.45. The molecule has 144 valence electrons. The highest BCUT2D eigenvalue weighted by Gasteiger charge is 2.34. The minimum atomic E-state index is -3.17. The second-order valence-electron chi connectivity index (χ2n) is 6.45. The Hall–Kier alpha value is -2.12. The van der Waals surface area contributed by atoms with Gasteiger partial charge in [0.15, 0.2) is 16.4 Å². The van der Waals surface area contributed by atoms with Crippen LogP contribution in [0.2, 0.25) is 5.02 Å². The molecule has 8 heteroatoms. The third-order valence-corrected chi connectivity index (χ3v) is 6.39. The Morgan fingerprint density at radius 3 is 2.59 bits per heavy atom. The molecule has 0 bridgehead atoms. The molecule has 1 saturated heterocycles. The van der Waals surface area contributed by atoms with E-state index in [0.717, 1.165) is 0 Å². The summed E-state index contributed by atoms with van der Waals surface area (Å²) in [5.41, 5.74) is 0.596. The molecule has 0 radical (unpaired) electrons. The van der Waals surface area contributed by atoms with Crippen molar-refractivity contribution in [3.05, 3.63) is 64.9 Å². The number of amides is 1. The second-order valence-corrected chi connectivity index (χ2v) is 9.12. The van der Waals surface area contributed by atoms with Gasteiger partial charge in [-0.25, -0.2) is 12.8 Å². The van der Waals surface area contributed by atoms with E-state index in [4.69, 9.17) is 16.3 Å². The molecule has 0 unspecified atom stereocenters. The maximum absolute atomic E-state index is 13.5. The highest BCUT2D eigenvalue weighted by Crippen LogP contribution is 2.21. The lowest BCUT2D eigenvalue weighted by Crippen LogP contribution is -2.43. The first kappa shape index (κ1) is 19.6. The largest absolute Gasteiger partial charge is 0.484 e. The number of ether oxygens (including phenoxy) is 1. The molecule has 0 aromatic heterocycles. The van der Waals surface area contributed by atoms with Crippen molar-refractivity contribution in [3.8, 4) is 5.75 Å². The molecule has 0 spiro atoms. The van der Waals surface area contributed by atoms with Crippen LogP contribution in [0.3, 0.4) is 0 Å². The predicted molar refractivity (Wildman–Crippen MR) is 101 cm³/mol. The lowest BCUT2D eigenvalue weighted by molar-refractivity contribution is -0.136. The molecule has 27 heavy (non-hydrogen) atoms. The summed E-state index contributed by atoms with van der Waals surface area (Å²) in [7, 11) is -3.17. The maximum Gasteiger partial charge on any atom is 0.261 e. The zero-order valence-electron chi connectivity index (χ0n) is 14.5. The van der Waals surface area contributed by atoms with Gasteiger partial charge >= 0.3 is 0 Å². The van der Waals surface area contributed by atoms with Crippen LogP contribution in [0.25, 0.3) is 0 Å². The van der Waals surface area contributed by atoms with E-state index in [1.165, 1.54) is 17.0 Å². The van der Waals surface area contributed by atoms with Gasteiger partial charge in [0, 0.05) is 17.6 Å². The molecule has 1 aliphatic rings. The van der Waals surface area contributed by atoms with E-state index in [1.807, 2.05) is 0 Å². The standard InChI is InChI=1S/C19H19ClFNO4S/c20-15-4-6-18(7-5-15)26-12-19(23)22(17-8-9-27(24,25)13-17)11-14-2-1-3-16(21)10-14/h1-7,10,17H,8-9,11-13H2/t17-/m0/s1. The highest BCUT2D eigenvalue weighted by atomic mass is 35.5. The maximum atomic E-state index is 13.5. The van der Waals surface area contributed by atoms with Gasteiger partial charge in [0.2, 0.25) is 0 Å². The smallest absolute Gasteiger partial charge is 0.261 e. The van der Waals surface area contributed by atoms with Crippen LogP contribution in [0.15, 0.2) is 48.5 Å². The van der Waals surface area contributed by atoms with Crippen LogP contribution in [0, 0.1) is 5.82 Å². The van der Waals surface area contributed by atoms with E-state index in [-0.39, 0.29) is 30.6 Å². The average Bonchev–Trinajstić information content (AvgIpc) is 2.98. The molecule has 5 nitrogen and oxygen atoms in total. The van der Waals surface area contributed by atoms with Crippen LogP contribution in [0.1, 0.15) is 12.0 Å². The Bertz CT molecular complexity index is 918. The fourth-order valence-electron chi connectivity index (χ4n) is 3.03. The van der Waals surface area contributed by atoms with Crippen LogP contribution in [0.5, 0.6) is 5.75 Å². The fraction of sp³-hybridized carbons (Fsp3) is 0.316. The van der Waals surface area contributed by atoms with E-state index in [1.54, 1.807) is 36.4 Å². The highest BCUT2D eigenvalue weighted by molar-refractivity contribution is 7.91. The molecule has 2 aromatic carbocycles. The number of nitrogens with zero attached hydrogens (tertiary/aromatic N) is 1. The van der Waals surface area contributed by atoms with Crippen LogP contribution in [-0.4, -0.2) is 43.4 Å². The van der Waals surface area contributed by atoms with Crippen molar-refractivity contribution < 1.29 is 22.3 Å². The summed E-state index contributed by atoms with van der Waals surface area (Å²) in [4.78, 5) is 14.2. The quantitative estimate of drug-likeness (QED) is 0.732. The summed E-state index contributed by atoms with van der Waals surface area (Å²) in [5, 5.41) is 0.553. The topological polar surface area (TPSA) is 63.7 Å². The molecular weight excluding hydrogens is 393 g/mol. The Balaban J connectivity index is 1.73. The van der Waals surface area contributed by atoms with Crippen molar-refractivity contribution in [2.45, 2.75) is 19.0 Å². The number of sulfone groups is 1. The Kier molecular flexibility index (Phi) is 6.01. The predicted octanol–water partition coefficient (Wildman–Crippen LogP) is 3.07. The monoisotopic (exact) mass is 411 g/mol. The van der Waals surface area contributed by atoms with Gasteiger partial charge < -0.3 is 9.64 Å². The molecule has 1 aliphatic heterocycles. The van der Waals surface area contributed by atoms with Crippen molar-refractivity contribution >= 4 is 27.3 Å². The van der Waals surface area contributed by atoms with Gasteiger partial charge in [-0.2, -0.15) is 0 Å². The summed E-state index contributed by atoms with van der Waals surface area (Å²) in [5.74, 6) is -0.317. The zero-order valence-corrected chi connectivity index (χ0v) is 16.0. The van der Waals surface area contributed by atoms with Gasteiger partial charge in [-0.3, -0.25) is 4.79 Å². The Morgan fingerprint density at radius 2 is 1.96 bits per heavy atom. The number of rotatable bonds is 6. The van der Waals surface area contributed by atoms with Gasteiger partial charge in [-0.05, 0) is 48.4 Å². The SMILES string of the molecule is O=C(COc1ccc(Cl)cc1)N(Cc1cccc(F)c1)[C@H]1CCS(=O)(=O)C1. The van der Waals surface area contributed by atoms with E-state index >= 15 is 0 Å². The van der Waals surface area contributed by atoms with E-state index in [2.05, 4.69) is 0 Å². The molecule has 1 atom stereocenters. The van der Waals surface area contributed by atoms with Gasteiger partial charge in [-0.1, -0.05) is 23.7 Å². The summed E-state index contributed by atoms with van der Waals surface area (Å²) < 4.78 is 42.7. The minimum absolute atomic E-state index is 0.0443. The first-order chi connectivity index (χ1) is 12.8. The third kappa shape index (κ3) is 5.43. The number of hydrogen-bond donors (Lipinski definition) is 0. The Morgan fingerprint density at radius 1 is 1.22 bits per heavy atom. The number of carbonyl (C=O) groups excluding carboxylic acids is 1. The average molecular weight is 412 g/mol. The van der Waals surface area contributed by atoms with Gasteiger partial charge in [-0.15, -0.1) is 0 Å². The number of halogens is 2. The van der Waals surface area contributed by atoms with Gasteiger partial charge in [0.1, 0.15) is 11.6 Å². The first-order valence-corrected chi connectivity index (χ1v) is 10.6. The van der Waals surface area contributed by atoms with Crippen LogP contribution >= 0.6 is 11.6 Å². The van der Waals surface area contributed by atoms with Crippen molar-refractivity contribution in [2.75, 3.05) is 18.1 Å². The van der Waals surface area contributed by atoms with Crippen LogP contribution < -0.4 is 4.74 Å². The summed E-state index contributed by atoms with van der Waals surface area (Å²) in [6.07, 6.45) is 0.365. The third-order valence-electron chi connectivity index (χ3n) is 4.39. The van der Waals surface area contributed by atoms with Gasteiger partial charge in [0.05, 0.1) is 11.5 Å². The molecule has 0 saturated carbocycles. The van der Waals surface area contributed by atoms with E-state index in [9.17, 15) is 17.6 Å². The number of carbonyl (C=O) groups is 1. The van der Waals surface area contributed by atoms with Crippen molar-refractivity contribution in [3.63, 3.8) is 0 Å². The van der Waals surface area contributed by atoms with Crippen molar-refractivity contribution in [1.82, 2.24) is 4.90 Å². The normalized spacial score (nSPS) is 18.2. The summed E-state index contributed by atoms with van der Waals surface area (Å²) >= 11 is 5.82. The van der Waals surface area contributed by atoms with E-state index < -0.39 is 21.7 Å². The lowest BCUT2D eigenvalue weighted by Gasteiger charge is -2.28. The van der Waals surface area contributed by atoms with Gasteiger partial charge in [0.25, 0.3) is 5.91 Å². The molecule has 0 N–H and O–H groups in total. The molecule has 1 amide bonds. The minimum Gasteiger partial charge on any atom is -0.484 e.